The topological polar surface area (TPSA) is 110 Å². The number of anilines is 4. The second-order valence-corrected chi connectivity index (χ2v) is 9.02. The maximum atomic E-state index is 13.1. The van der Waals surface area contributed by atoms with Gasteiger partial charge in [0.25, 0.3) is 0 Å². The highest BCUT2D eigenvalue weighted by Crippen LogP contribution is 2.40. The Balaban J connectivity index is 1.48. The summed E-state index contributed by atoms with van der Waals surface area (Å²) in [6.07, 6.45) is 6.91. The predicted molar refractivity (Wildman–Crippen MR) is 133 cm³/mol. The Bertz CT molecular complexity index is 1230. The van der Waals surface area contributed by atoms with Crippen LogP contribution >= 0.6 is 11.6 Å². The molecule has 1 saturated carbocycles. The van der Waals surface area contributed by atoms with E-state index in [1.165, 1.54) is 12.8 Å². The number of likely N-dealkylation sites (N-methyl/N-ethyl adjacent to an activating group) is 1. The smallest absolute Gasteiger partial charge is 0.249 e. The lowest BCUT2D eigenvalue weighted by Crippen LogP contribution is -2.55. The van der Waals surface area contributed by atoms with Crippen LogP contribution in [0.15, 0.2) is 28.9 Å². The molecule has 1 N–H and O–H groups in total. The normalized spacial score (nSPS) is 18.2. The van der Waals surface area contributed by atoms with Gasteiger partial charge in [0.15, 0.2) is 5.82 Å². The molecule has 5 rings (SSSR count). The third-order valence-electron chi connectivity index (χ3n) is 6.70. The first-order valence-corrected chi connectivity index (χ1v) is 12.3. The van der Waals surface area contributed by atoms with Crippen molar-refractivity contribution in [1.29, 1.82) is 0 Å². The molecule has 3 heterocycles. The molecule has 1 atom stereocenters. The van der Waals surface area contributed by atoms with E-state index in [2.05, 4.69) is 32.3 Å². The molecule has 1 aromatic carbocycles. The van der Waals surface area contributed by atoms with Gasteiger partial charge in [0.05, 0.1) is 19.0 Å². The van der Waals surface area contributed by atoms with Gasteiger partial charge in [-0.25, -0.2) is 4.98 Å². The third-order valence-corrected chi connectivity index (χ3v) is 6.93. The molecule has 0 saturated heterocycles. The number of nitrogens with one attached hydrogen (secondary N) is 1. The van der Waals surface area contributed by atoms with Crippen LogP contribution in [0, 0.1) is 0 Å². The van der Waals surface area contributed by atoms with Crippen LogP contribution in [0.3, 0.4) is 0 Å². The zero-order chi connectivity index (χ0) is 24.5. The number of carbonyl (C=O) groups excluding carboxylic acids is 1. The summed E-state index contributed by atoms with van der Waals surface area (Å²) in [6, 6.07) is 5.61. The number of halogens is 1. The number of amides is 1. The summed E-state index contributed by atoms with van der Waals surface area (Å²) >= 11 is 5.77. The minimum absolute atomic E-state index is 0.0901. The van der Waals surface area contributed by atoms with E-state index in [4.69, 9.17) is 25.8 Å². The van der Waals surface area contributed by atoms with Crippen molar-refractivity contribution in [2.45, 2.75) is 57.0 Å². The summed E-state index contributed by atoms with van der Waals surface area (Å²) in [4.78, 5) is 30.6. The van der Waals surface area contributed by atoms with Crippen molar-refractivity contribution in [2.24, 2.45) is 0 Å². The van der Waals surface area contributed by atoms with Crippen molar-refractivity contribution >= 4 is 40.6 Å². The van der Waals surface area contributed by atoms with E-state index in [9.17, 15) is 4.79 Å². The van der Waals surface area contributed by atoms with Crippen molar-refractivity contribution in [3.63, 3.8) is 0 Å². The van der Waals surface area contributed by atoms with E-state index >= 15 is 0 Å². The Kier molecular flexibility index (Phi) is 6.46. The number of nitrogens with zero attached hydrogens (tertiary/aromatic N) is 6. The highest BCUT2D eigenvalue weighted by atomic mass is 35.5. The van der Waals surface area contributed by atoms with Gasteiger partial charge in [-0.1, -0.05) is 24.9 Å². The van der Waals surface area contributed by atoms with Gasteiger partial charge in [0.2, 0.25) is 23.6 Å². The summed E-state index contributed by atoms with van der Waals surface area (Å²) in [7, 11) is 3.38. The monoisotopic (exact) mass is 497 g/mol. The number of fused-ring (bicyclic) bond motifs is 1. The highest BCUT2D eigenvalue weighted by molar-refractivity contribution is 6.16. The summed E-state index contributed by atoms with van der Waals surface area (Å²) in [5.74, 6) is 2.82. The van der Waals surface area contributed by atoms with Crippen LogP contribution in [0.4, 0.5) is 23.1 Å². The van der Waals surface area contributed by atoms with Crippen LogP contribution in [0.5, 0.6) is 5.75 Å². The second kappa shape index (κ2) is 9.69. The molecule has 35 heavy (non-hydrogen) atoms. The molecule has 1 aliphatic heterocycles. The fourth-order valence-electron chi connectivity index (χ4n) is 4.92. The Morgan fingerprint density at radius 3 is 2.74 bits per heavy atom. The SMILES string of the molecule is CC[C@@H]1C(=O)N(C)c2cnc(Nc3ccc(-c4noc(CCl)n4)cc3OC)nc2N1C1CCCC1. The number of hydrogen-bond acceptors (Lipinski definition) is 9. The molecule has 2 aromatic heterocycles. The van der Waals surface area contributed by atoms with E-state index in [1.807, 2.05) is 18.2 Å². The van der Waals surface area contributed by atoms with Crippen LogP contribution in [-0.4, -0.2) is 52.3 Å². The van der Waals surface area contributed by atoms with Crippen molar-refractivity contribution < 1.29 is 14.1 Å². The van der Waals surface area contributed by atoms with Crippen molar-refractivity contribution in [3.05, 3.63) is 30.3 Å². The number of aromatic nitrogens is 4. The Morgan fingerprint density at radius 1 is 1.26 bits per heavy atom. The number of methoxy groups -OCH3 is 1. The number of carbonyl (C=O) groups is 1. The molecule has 11 heteroatoms. The molecule has 184 valence electrons. The van der Waals surface area contributed by atoms with Gasteiger partial charge in [-0.15, -0.1) is 11.6 Å². The third kappa shape index (κ3) is 4.27. The molecule has 1 fully saturated rings. The Morgan fingerprint density at radius 2 is 2.06 bits per heavy atom. The fraction of sp³-hybridized carbons (Fsp3) is 0.458. The maximum absolute atomic E-state index is 13.1. The van der Waals surface area contributed by atoms with Gasteiger partial charge < -0.3 is 24.4 Å². The van der Waals surface area contributed by atoms with Gasteiger partial charge >= 0.3 is 0 Å². The molecule has 0 bridgehead atoms. The summed E-state index contributed by atoms with van der Waals surface area (Å²) in [5, 5.41) is 7.24. The number of benzene rings is 1. The summed E-state index contributed by atoms with van der Waals surface area (Å²) in [6.45, 7) is 2.05. The number of rotatable bonds is 7. The first kappa shape index (κ1) is 23.3. The van der Waals surface area contributed by atoms with Crippen molar-refractivity contribution in [3.8, 4) is 17.1 Å². The van der Waals surface area contributed by atoms with Gasteiger partial charge in [-0.05, 0) is 37.5 Å². The van der Waals surface area contributed by atoms with Crippen LogP contribution < -0.4 is 19.9 Å². The van der Waals surface area contributed by atoms with Crippen molar-refractivity contribution in [1.82, 2.24) is 20.1 Å². The Hall–Kier alpha value is -3.40. The number of hydrogen-bond donors (Lipinski definition) is 1. The van der Waals surface area contributed by atoms with E-state index in [0.717, 1.165) is 36.3 Å². The largest absolute Gasteiger partial charge is 0.495 e. The molecule has 3 aromatic rings. The molecular formula is C24H28ClN7O3. The molecular weight excluding hydrogens is 470 g/mol. The van der Waals surface area contributed by atoms with Gasteiger partial charge in [-0.2, -0.15) is 9.97 Å². The first-order chi connectivity index (χ1) is 17.0. The molecule has 0 radical (unpaired) electrons. The number of alkyl halides is 1. The van der Waals surface area contributed by atoms with Gasteiger partial charge in [-0.3, -0.25) is 4.79 Å². The van der Waals surface area contributed by atoms with Gasteiger partial charge in [0, 0.05) is 18.7 Å². The quantitative estimate of drug-likeness (QED) is 0.471. The Labute approximate surface area is 208 Å². The summed E-state index contributed by atoms with van der Waals surface area (Å²) < 4.78 is 10.7. The fourth-order valence-corrected chi connectivity index (χ4v) is 5.03. The minimum Gasteiger partial charge on any atom is -0.495 e. The predicted octanol–water partition coefficient (Wildman–Crippen LogP) is 4.52. The lowest BCUT2D eigenvalue weighted by molar-refractivity contribution is -0.120. The molecule has 0 unspecified atom stereocenters. The lowest BCUT2D eigenvalue weighted by atomic mass is 10.0. The maximum Gasteiger partial charge on any atom is 0.249 e. The summed E-state index contributed by atoms with van der Waals surface area (Å²) in [5.41, 5.74) is 2.15. The molecule has 0 spiro atoms. The molecule has 10 nitrogen and oxygen atoms in total. The molecule has 1 amide bonds. The van der Waals surface area contributed by atoms with E-state index < -0.39 is 0 Å². The van der Waals surface area contributed by atoms with Crippen LogP contribution in [-0.2, 0) is 10.7 Å². The lowest BCUT2D eigenvalue weighted by Gasteiger charge is -2.43. The van der Waals surface area contributed by atoms with E-state index in [-0.39, 0.29) is 17.8 Å². The molecule has 2 aliphatic rings. The first-order valence-electron chi connectivity index (χ1n) is 11.8. The minimum atomic E-state index is -0.222. The van der Waals surface area contributed by atoms with Crippen LogP contribution in [0.25, 0.3) is 11.4 Å². The van der Waals surface area contributed by atoms with Crippen LogP contribution in [0.1, 0.15) is 44.9 Å². The molecule has 1 aliphatic carbocycles. The number of ether oxygens (including phenoxy) is 1. The van der Waals surface area contributed by atoms with Crippen molar-refractivity contribution in [2.75, 3.05) is 29.3 Å². The highest BCUT2D eigenvalue weighted by Gasteiger charge is 2.41. The van der Waals surface area contributed by atoms with Gasteiger partial charge in [0.1, 0.15) is 23.4 Å². The van der Waals surface area contributed by atoms with E-state index in [0.29, 0.717) is 35.1 Å². The zero-order valence-electron chi connectivity index (χ0n) is 20.0. The average molecular weight is 498 g/mol. The van der Waals surface area contributed by atoms with E-state index in [1.54, 1.807) is 25.3 Å². The van der Waals surface area contributed by atoms with Crippen LogP contribution in [0.2, 0.25) is 0 Å². The zero-order valence-corrected chi connectivity index (χ0v) is 20.7. The second-order valence-electron chi connectivity index (χ2n) is 8.75. The average Bonchev–Trinajstić information content (AvgIpc) is 3.59. The standard InChI is InChI=1S/C24H28ClN7O3/c1-4-17-23(33)31(2)18-13-26-24(29-22(18)32(17)15-7-5-6-8-15)27-16-10-9-14(11-19(16)34-3)21-28-20(12-25)35-30-21/h9-11,13,15,17H,4-8,12H2,1-3H3,(H,26,27,29)/t17-/m1/s1.